The van der Waals surface area contributed by atoms with Crippen molar-refractivity contribution >= 4 is 23.2 Å². The summed E-state index contributed by atoms with van der Waals surface area (Å²) in [7, 11) is 1.54. The Bertz CT molecular complexity index is 1430. The number of primary amides is 1. The molecule has 1 saturated heterocycles. The molecule has 2 saturated carbocycles. The molecule has 42 heavy (non-hydrogen) atoms. The molecule has 0 radical (unpaired) electrons. The minimum atomic E-state index is -2.72. The molecule has 226 valence electrons. The monoisotopic (exact) mass is 581 g/mol. The number of nitrogens with two attached hydrogens (primary N) is 2. The number of aliphatic hydroxyl groups is 3. The second-order valence-electron chi connectivity index (χ2n) is 12.6. The summed E-state index contributed by atoms with van der Waals surface area (Å²) in [4.78, 5) is 41.1. The van der Waals surface area contributed by atoms with Crippen LogP contribution in [0.2, 0.25) is 0 Å². The van der Waals surface area contributed by atoms with Gasteiger partial charge in [0.25, 0.3) is 5.91 Å². The van der Waals surface area contributed by atoms with Gasteiger partial charge in [0.05, 0.1) is 18.7 Å². The van der Waals surface area contributed by atoms with E-state index in [0.717, 1.165) is 31.5 Å². The molecule has 6 rings (SSSR count). The number of ether oxygens (including phenoxy) is 1. The van der Waals surface area contributed by atoms with Gasteiger partial charge in [-0.2, -0.15) is 0 Å². The van der Waals surface area contributed by atoms with Crippen LogP contribution in [0.3, 0.4) is 0 Å². The fourth-order valence-corrected chi connectivity index (χ4v) is 8.38. The minimum Gasteiger partial charge on any atom is -0.508 e. The molecule has 0 aromatic heterocycles. The summed E-state index contributed by atoms with van der Waals surface area (Å²) in [6, 6.07) is 0.152. The Labute approximate surface area is 243 Å². The van der Waals surface area contributed by atoms with E-state index in [2.05, 4.69) is 4.90 Å². The summed E-state index contributed by atoms with van der Waals surface area (Å²) < 4.78 is 5.94. The maximum Gasteiger partial charge on any atom is 0.255 e. The number of fused-ring (bicyclic) bond motifs is 3. The van der Waals surface area contributed by atoms with Crippen LogP contribution in [0.4, 0.5) is 0 Å². The van der Waals surface area contributed by atoms with Crippen molar-refractivity contribution in [3.8, 4) is 11.5 Å². The van der Waals surface area contributed by atoms with Gasteiger partial charge < -0.3 is 36.6 Å². The van der Waals surface area contributed by atoms with E-state index < -0.39 is 58.0 Å². The van der Waals surface area contributed by atoms with Crippen LogP contribution < -0.4 is 16.2 Å². The zero-order valence-electron chi connectivity index (χ0n) is 23.8. The van der Waals surface area contributed by atoms with Gasteiger partial charge in [-0.3, -0.25) is 19.3 Å². The molecule has 0 bridgehead atoms. The zero-order chi connectivity index (χ0) is 30.1. The van der Waals surface area contributed by atoms with Crippen LogP contribution in [0.5, 0.6) is 11.5 Å². The summed E-state index contributed by atoms with van der Waals surface area (Å²) in [5, 5.41) is 45.1. The molecule has 1 amide bonds. The van der Waals surface area contributed by atoms with Crippen molar-refractivity contribution in [3.63, 3.8) is 0 Å². The van der Waals surface area contributed by atoms with Gasteiger partial charge in [-0.05, 0) is 63.0 Å². The van der Waals surface area contributed by atoms with Crippen LogP contribution in [0.1, 0.15) is 74.1 Å². The lowest BCUT2D eigenvalue weighted by atomic mass is 9.58. The quantitative estimate of drug-likeness (QED) is 0.280. The van der Waals surface area contributed by atoms with Gasteiger partial charge >= 0.3 is 0 Å². The Kier molecular flexibility index (Phi) is 7.10. The number of nitrogens with zero attached hydrogens (tertiary/aromatic N) is 1. The summed E-state index contributed by atoms with van der Waals surface area (Å²) in [6.07, 6.45) is 8.27. The number of aromatic hydroxyl groups is 1. The van der Waals surface area contributed by atoms with E-state index in [1.165, 1.54) is 32.1 Å². The number of hydrogen-bond acceptors (Lipinski definition) is 10. The number of ketones is 2. The van der Waals surface area contributed by atoms with Gasteiger partial charge in [0.15, 0.2) is 11.4 Å². The highest BCUT2D eigenvalue weighted by Gasteiger charge is 2.63. The first-order chi connectivity index (χ1) is 20.0. The Balaban J connectivity index is 1.43. The Morgan fingerprint density at radius 3 is 2.50 bits per heavy atom. The topological polar surface area (TPSA) is 197 Å². The number of phenols is 1. The Morgan fingerprint density at radius 2 is 1.83 bits per heavy atom. The number of aliphatic hydroxyl groups excluding tert-OH is 2. The molecular formula is C31H39N3O8. The number of phenolic OH excluding ortho intramolecular Hbond substituents is 1. The van der Waals surface area contributed by atoms with Crippen LogP contribution >= 0.6 is 0 Å². The maximum absolute atomic E-state index is 13.8. The normalized spacial score (nSPS) is 32.1. The Hall–Kier alpha value is -3.41. The van der Waals surface area contributed by atoms with E-state index in [0.29, 0.717) is 17.2 Å². The van der Waals surface area contributed by atoms with Crippen molar-refractivity contribution in [1.82, 2.24) is 4.90 Å². The summed E-state index contributed by atoms with van der Waals surface area (Å²) >= 11 is 0. The molecule has 11 nitrogen and oxygen atoms in total. The van der Waals surface area contributed by atoms with Crippen molar-refractivity contribution < 1.29 is 39.5 Å². The van der Waals surface area contributed by atoms with E-state index >= 15 is 0 Å². The van der Waals surface area contributed by atoms with E-state index in [-0.39, 0.29) is 35.8 Å². The van der Waals surface area contributed by atoms with E-state index in [1.54, 1.807) is 13.2 Å². The van der Waals surface area contributed by atoms with Crippen LogP contribution in [-0.4, -0.2) is 74.6 Å². The molecule has 5 aliphatic rings. The lowest BCUT2D eigenvalue weighted by Crippen LogP contribution is -2.65. The van der Waals surface area contributed by atoms with E-state index in [9.17, 15) is 34.8 Å². The molecule has 0 spiro atoms. The molecule has 8 N–H and O–H groups in total. The lowest BCUT2D eigenvalue weighted by molar-refractivity contribution is -0.149. The van der Waals surface area contributed by atoms with Gasteiger partial charge in [0.2, 0.25) is 5.78 Å². The smallest absolute Gasteiger partial charge is 0.255 e. The highest BCUT2D eigenvalue weighted by atomic mass is 16.5. The van der Waals surface area contributed by atoms with Gasteiger partial charge in [-0.25, -0.2) is 0 Å². The third kappa shape index (κ3) is 4.08. The SMILES string of the molecule is COc1c([C@@H]2CCCN2CC2CCCCC2)cc(O)c2c1C[C@H]1C[C@H]3[C@H](N)C(=O)C(C(N)=O)=C(O)[C@@]3(O)C(=O)C1=C2O. The second-order valence-corrected chi connectivity index (χ2v) is 12.6. The molecule has 11 heteroatoms. The van der Waals surface area contributed by atoms with Crippen LogP contribution in [0.25, 0.3) is 5.76 Å². The number of carbonyl (C=O) groups excluding carboxylic acids is 3. The van der Waals surface area contributed by atoms with Gasteiger partial charge in [0, 0.05) is 35.2 Å². The minimum absolute atomic E-state index is 0.0300. The van der Waals surface area contributed by atoms with Crippen LogP contribution in [0, 0.1) is 17.8 Å². The first-order valence-electron chi connectivity index (χ1n) is 14.9. The first-order valence-corrected chi connectivity index (χ1v) is 14.9. The second kappa shape index (κ2) is 10.4. The van der Waals surface area contributed by atoms with Crippen molar-refractivity contribution in [2.24, 2.45) is 29.2 Å². The number of amides is 1. The molecule has 4 aliphatic carbocycles. The third-order valence-corrected chi connectivity index (χ3v) is 10.4. The number of methoxy groups -OCH3 is 1. The maximum atomic E-state index is 13.8. The fourth-order valence-electron chi connectivity index (χ4n) is 8.38. The van der Waals surface area contributed by atoms with Crippen molar-refractivity contribution in [1.29, 1.82) is 0 Å². The van der Waals surface area contributed by atoms with E-state index in [4.69, 9.17) is 16.2 Å². The number of Topliss-reactive ketones (excluding diaryl/α,β-unsaturated/α-hetero) is 2. The highest BCUT2D eigenvalue weighted by molar-refractivity contribution is 6.24. The van der Waals surface area contributed by atoms with Crippen LogP contribution in [0.15, 0.2) is 23.0 Å². The van der Waals surface area contributed by atoms with Crippen LogP contribution in [-0.2, 0) is 20.8 Å². The summed E-state index contributed by atoms with van der Waals surface area (Å²) in [5.74, 6) is -6.04. The largest absolute Gasteiger partial charge is 0.508 e. The molecule has 1 heterocycles. The zero-order valence-corrected chi connectivity index (χ0v) is 23.8. The highest BCUT2D eigenvalue weighted by Crippen LogP contribution is 2.54. The van der Waals surface area contributed by atoms with Crippen molar-refractivity contribution in [2.75, 3.05) is 20.2 Å². The number of rotatable bonds is 5. The first kappa shape index (κ1) is 28.7. The summed E-state index contributed by atoms with van der Waals surface area (Å²) in [6.45, 7) is 1.93. The fraction of sp³-hybridized carbons (Fsp3) is 0.581. The predicted molar refractivity (Wildman–Crippen MR) is 151 cm³/mol. The number of carbonyl (C=O) groups is 3. The molecule has 1 aromatic carbocycles. The third-order valence-electron chi connectivity index (χ3n) is 10.4. The average molecular weight is 582 g/mol. The molecule has 5 atom stereocenters. The standard InChI is InChI=1S/C31H39N3O8/c1-42-27-16(19-8-5-9-34(19)13-14-6-3-2-4-7-14)12-20(35)22-17(27)10-15-11-18-24(32)26(37)23(30(33)40)29(39)31(18,41)28(38)21(15)25(22)36/h12,14-15,18-19,24,35-36,39,41H,2-11,13,32H2,1H3,(H2,33,40)/t15-,18-,19-,24-,31-/m0/s1. The van der Waals surface area contributed by atoms with Gasteiger partial charge in [-0.15, -0.1) is 0 Å². The van der Waals surface area contributed by atoms with Gasteiger partial charge in [0.1, 0.15) is 28.6 Å². The van der Waals surface area contributed by atoms with Crippen molar-refractivity contribution in [2.45, 2.75) is 75.5 Å². The number of hydrogen-bond donors (Lipinski definition) is 6. The van der Waals surface area contributed by atoms with E-state index in [1.807, 2.05) is 0 Å². The summed E-state index contributed by atoms with van der Waals surface area (Å²) in [5.41, 5.74) is 8.95. The Morgan fingerprint density at radius 1 is 1.12 bits per heavy atom. The molecular weight excluding hydrogens is 542 g/mol. The predicted octanol–water partition coefficient (Wildman–Crippen LogP) is 2.09. The van der Waals surface area contributed by atoms with Crippen molar-refractivity contribution in [3.05, 3.63) is 39.7 Å². The van der Waals surface area contributed by atoms with Gasteiger partial charge in [-0.1, -0.05) is 19.3 Å². The average Bonchev–Trinajstić information content (AvgIpc) is 3.41. The molecule has 1 aromatic rings. The molecule has 1 aliphatic heterocycles. The lowest BCUT2D eigenvalue weighted by Gasteiger charge is -2.48. The number of benzene rings is 1. The molecule has 3 fully saturated rings. The molecule has 0 unspecified atom stereocenters. The number of likely N-dealkylation sites (tertiary alicyclic amines) is 1.